The Labute approximate surface area is 132 Å². The fourth-order valence-corrected chi connectivity index (χ4v) is 3.19. The van der Waals surface area contributed by atoms with E-state index in [1.165, 1.54) is 11.5 Å². The van der Waals surface area contributed by atoms with E-state index in [0.717, 1.165) is 37.6 Å². The fraction of sp³-hybridized carbons (Fsp3) is 0.667. The minimum Gasteiger partial charge on any atom is -0.340 e. The molecule has 7 nitrogen and oxygen atoms in total. The van der Waals surface area contributed by atoms with E-state index in [0.29, 0.717) is 22.8 Å². The van der Waals surface area contributed by atoms with Gasteiger partial charge in [-0.3, -0.25) is 9.80 Å². The molecule has 9 heteroatoms. The van der Waals surface area contributed by atoms with Gasteiger partial charge >= 0.3 is 0 Å². The molecule has 114 valence electrons. The predicted molar refractivity (Wildman–Crippen MR) is 79.1 cm³/mol. The molecule has 21 heavy (non-hydrogen) atoms. The molecular weight excluding hydrogens is 312 g/mol. The molecule has 3 heterocycles. The van der Waals surface area contributed by atoms with Crippen molar-refractivity contribution in [3.05, 3.63) is 21.7 Å². The van der Waals surface area contributed by atoms with Crippen LogP contribution >= 0.6 is 23.1 Å². The summed E-state index contributed by atoms with van der Waals surface area (Å²) in [5.74, 6) is 1.34. The molecule has 1 aliphatic heterocycles. The summed E-state index contributed by atoms with van der Waals surface area (Å²) in [4.78, 5) is 8.87. The van der Waals surface area contributed by atoms with E-state index < -0.39 is 0 Å². The van der Waals surface area contributed by atoms with E-state index in [2.05, 4.69) is 36.6 Å². The lowest BCUT2D eigenvalue weighted by atomic mass is 10.2. The molecule has 1 fully saturated rings. The number of aryl methyl sites for hydroxylation is 1. The average Bonchev–Trinajstić information content (AvgIpc) is 3.14. The minimum absolute atomic E-state index is 0.481. The van der Waals surface area contributed by atoms with E-state index in [1.54, 1.807) is 6.92 Å². The molecule has 0 aliphatic carbocycles. The zero-order valence-corrected chi connectivity index (χ0v) is 13.6. The third kappa shape index (κ3) is 3.57. The third-order valence-electron chi connectivity index (χ3n) is 3.71. The predicted octanol–water partition coefficient (Wildman–Crippen LogP) is 1.59. The number of aromatic nitrogens is 4. The summed E-state index contributed by atoms with van der Waals surface area (Å²) in [6, 6.07) is 0.481. The van der Waals surface area contributed by atoms with E-state index in [1.807, 2.05) is 0 Å². The molecule has 0 bridgehead atoms. The van der Waals surface area contributed by atoms with Crippen LogP contribution in [0.5, 0.6) is 0 Å². The van der Waals surface area contributed by atoms with Crippen LogP contribution in [-0.4, -0.2) is 55.7 Å². The Kier molecular flexibility index (Phi) is 4.48. The summed E-state index contributed by atoms with van der Waals surface area (Å²) in [7, 11) is 2.09. The van der Waals surface area contributed by atoms with Gasteiger partial charge in [-0.1, -0.05) is 21.2 Å². The van der Waals surface area contributed by atoms with E-state index in [-0.39, 0.29) is 0 Å². The molecule has 0 unspecified atom stereocenters. The number of nitrogens with zero attached hydrogens (tertiary/aromatic N) is 6. The fourth-order valence-electron chi connectivity index (χ4n) is 2.58. The first-order valence-electron chi connectivity index (χ1n) is 6.80. The number of rotatable bonds is 5. The van der Waals surface area contributed by atoms with Gasteiger partial charge in [-0.15, -0.1) is 5.10 Å². The van der Waals surface area contributed by atoms with Crippen LogP contribution in [0.25, 0.3) is 0 Å². The van der Waals surface area contributed by atoms with Crippen molar-refractivity contribution in [3.63, 3.8) is 0 Å². The number of hydrogen-bond donors (Lipinski definition) is 0. The van der Waals surface area contributed by atoms with Gasteiger partial charge in [-0.05, 0) is 13.5 Å². The van der Waals surface area contributed by atoms with Crippen LogP contribution in [0.4, 0.5) is 0 Å². The Bertz CT molecular complexity index is 602. The highest BCUT2D eigenvalue weighted by atomic mass is 35.5. The second-order valence-electron chi connectivity index (χ2n) is 5.32. The molecular formula is C12H17ClN6OS. The van der Waals surface area contributed by atoms with Crippen molar-refractivity contribution in [3.8, 4) is 0 Å². The zero-order chi connectivity index (χ0) is 14.8. The lowest BCUT2D eigenvalue weighted by Gasteiger charge is -2.23. The highest BCUT2D eigenvalue weighted by Gasteiger charge is 2.27. The standard InChI is InChI=1S/C12H17ClN6OS/c1-8-14-11(16-20-8)7-18(2)9-3-4-19(5-9)6-10-12(13)21-17-15-10/h9H,3-7H2,1-2H3/t9-/m1/s1. The number of likely N-dealkylation sites (N-methyl/N-ethyl adjacent to an activating group) is 1. The molecule has 0 N–H and O–H groups in total. The smallest absolute Gasteiger partial charge is 0.223 e. The van der Waals surface area contributed by atoms with Gasteiger partial charge in [-0.2, -0.15) is 4.98 Å². The lowest BCUT2D eigenvalue weighted by molar-refractivity contribution is 0.215. The van der Waals surface area contributed by atoms with Crippen LogP contribution in [0.3, 0.4) is 0 Å². The minimum atomic E-state index is 0.481. The largest absolute Gasteiger partial charge is 0.340 e. The van der Waals surface area contributed by atoms with Gasteiger partial charge in [0.2, 0.25) is 5.89 Å². The lowest BCUT2D eigenvalue weighted by Crippen LogP contribution is -2.34. The van der Waals surface area contributed by atoms with E-state index >= 15 is 0 Å². The maximum absolute atomic E-state index is 6.06. The Morgan fingerprint density at radius 2 is 2.38 bits per heavy atom. The highest BCUT2D eigenvalue weighted by molar-refractivity contribution is 7.10. The van der Waals surface area contributed by atoms with Crippen LogP contribution in [0, 0.1) is 6.92 Å². The quantitative estimate of drug-likeness (QED) is 0.825. The first-order chi connectivity index (χ1) is 10.1. The van der Waals surface area contributed by atoms with Gasteiger partial charge in [0.05, 0.1) is 6.54 Å². The van der Waals surface area contributed by atoms with Crippen molar-refractivity contribution >= 4 is 23.1 Å². The second-order valence-corrected chi connectivity index (χ2v) is 6.67. The molecule has 0 aromatic carbocycles. The number of likely N-dealkylation sites (tertiary alicyclic amines) is 1. The maximum Gasteiger partial charge on any atom is 0.223 e. The van der Waals surface area contributed by atoms with Crippen LogP contribution < -0.4 is 0 Å². The van der Waals surface area contributed by atoms with Crippen LogP contribution in [0.15, 0.2) is 4.52 Å². The van der Waals surface area contributed by atoms with Crippen molar-refractivity contribution in [1.82, 2.24) is 29.5 Å². The first-order valence-corrected chi connectivity index (χ1v) is 7.95. The van der Waals surface area contributed by atoms with E-state index in [9.17, 15) is 0 Å². The zero-order valence-electron chi connectivity index (χ0n) is 12.0. The molecule has 1 atom stereocenters. The van der Waals surface area contributed by atoms with Gasteiger partial charge in [0, 0.05) is 44.1 Å². The van der Waals surface area contributed by atoms with Crippen molar-refractivity contribution in [2.45, 2.75) is 32.5 Å². The molecule has 0 radical (unpaired) electrons. The average molecular weight is 329 g/mol. The molecule has 0 saturated carbocycles. The molecule has 0 amide bonds. The summed E-state index contributed by atoms with van der Waals surface area (Å²) < 4.78 is 9.57. The normalized spacial score (nSPS) is 19.7. The third-order valence-corrected chi connectivity index (χ3v) is 4.70. The molecule has 2 aromatic rings. The Hall–Kier alpha value is -1.09. The highest BCUT2D eigenvalue weighted by Crippen LogP contribution is 2.22. The maximum atomic E-state index is 6.06. The van der Waals surface area contributed by atoms with Gasteiger partial charge in [0.1, 0.15) is 10.0 Å². The summed E-state index contributed by atoms with van der Waals surface area (Å²) in [5, 5.41) is 8.01. The summed E-state index contributed by atoms with van der Waals surface area (Å²) >= 11 is 7.30. The molecule has 0 spiro atoms. The number of halogens is 1. The van der Waals surface area contributed by atoms with Gasteiger partial charge < -0.3 is 4.52 Å². The second kappa shape index (κ2) is 6.35. The summed E-state index contributed by atoms with van der Waals surface area (Å²) in [5.41, 5.74) is 0.874. The van der Waals surface area contributed by atoms with Crippen molar-refractivity contribution < 1.29 is 4.52 Å². The van der Waals surface area contributed by atoms with Gasteiger partial charge in [0.15, 0.2) is 5.82 Å². The Morgan fingerprint density at radius 3 is 3.05 bits per heavy atom. The van der Waals surface area contributed by atoms with Crippen molar-refractivity contribution in [2.24, 2.45) is 0 Å². The molecule has 1 aliphatic rings. The molecule has 1 saturated heterocycles. The van der Waals surface area contributed by atoms with Crippen LogP contribution in [0.2, 0.25) is 4.34 Å². The first kappa shape index (κ1) is 14.8. The molecule has 3 rings (SSSR count). The SMILES string of the molecule is Cc1nc(CN(C)[C@@H]2CCN(Cc3nnsc3Cl)C2)no1. The summed E-state index contributed by atoms with van der Waals surface area (Å²) in [6.07, 6.45) is 1.11. The molecule has 2 aromatic heterocycles. The van der Waals surface area contributed by atoms with Crippen molar-refractivity contribution in [1.29, 1.82) is 0 Å². The summed E-state index contributed by atoms with van der Waals surface area (Å²) in [6.45, 7) is 5.30. The topological polar surface area (TPSA) is 71.2 Å². The van der Waals surface area contributed by atoms with Crippen LogP contribution in [0.1, 0.15) is 23.8 Å². The Balaban J connectivity index is 1.53. The Morgan fingerprint density at radius 1 is 1.52 bits per heavy atom. The van der Waals surface area contributed by atoms with E-state index in [4.69, 9.17) is 16.1 Å². The monoisotopic (exact) mass is 328 g/mol. The van der Waals surface area contributed by atoms with Crippen LogP contribution in [-0.2, 0) is 13.1 Å². The van der Waals surface area contributed by atoms with Gasteiger partial charge in [0.25, 0.3) is 0 Å². The number of hydrogen-bond acceptors (Lipinski definition) is 8. The van der Waals surface area contributed by atoms with Gasteiger partial charge in [-0.25, -0.2) is 0 Å². The van der Waals surface area contributed by atoms with Crippen molar-refractivity contribution in [2.75, 3.05) is 20.1 Å².